The molecule has 0 aliphatic carbocycles. The van der Waals surface area contributed by atoms with Gasteiger partial charge in [0.05, 0.1) is 5.52 Å². The highest BCUT2D eigenvalue weighted by Gasteiger charge is 2.43. The molecule has 3 aromatic rings. The highest BCUT2D eigenvalue weighted by molar-refractivity contribution is 5.83. The molecule has 0 saturated carbocycles. The molecule has 1 unspecified atom stereocenters. The van der Waals surface area contributed by atoms with Gasteiger partial charge in [0.2, 0.25) is 0 Å². The van der Waals surface area contributed by atoms with E-state index in [0.29, 0.717) is 12.4 Å². The van der Waals surface area contributed by atoms with Gasteiger partial charge in [0.1, 0.15) is 18.3 Å². The van der Waals surface area contributed by atoms with E-state index in [1.165, 1.54) is 0 Å². The van der Waals surface area contributed by atoms with E-state index in [0.717, 1.165) is 22.2 Å². The molecule has 0 radical (unpaired) electrons. The van der Waals surface area contributed by atoms with Gasteiger partial charge in [-0.25, -0.2) is 4.98 Å². The van der Waals surface area contributed by atoms with Gasteiger partial charge in [0.25, 0.3) is 0 Å². The Morgan fingerprint density at radius 3 is 2.74 bits per heavy atom. The second-order valence-corrected chi connectivity index (χ2v) is 5.74. The predicted octanol–water partition coefficient (Wildman–Crippen LogP) is 3.65. The minimum absolute atomic E-state index is 0.330. The molecule has 5 nitrogen and oxygen atoms in total. The molecule has 114 valence electrons. The van der Waals surface area contributed by atoms with Crippen LogP contribution in [0, 0.1) is 6.92 Å². The van der Waals surface area contributed by atoms with Gasteiger partial charge in [-0.3, -0.25) is 0 Å². The molecular weight excluding hydrogens is 290 g/mol. The summed E-state index contributed by atoms with van der Waals surface area (Å²) in [6.07, 6.45) is 2.68. The van der Waals surface area contributed by atoms with Gasteiger partial charge in [0.15, 0.2) is 5.82 Å². The van der Waals surface area contributed by atoms with Gasteiger partial charge in [-0.15, -0.1) is 0 Å². The molecular formula is C18H16N3O2+. The van der Waals surface area contributed by atoms with Crippen molar-refractivity contribution in [3.63, 3.8) is 0 Å². The molecule has 4 rings (SSSR count). The Hall–Kier alpha value is -2.92. The molecule has 0 fully saturated rings. The molecule has 1 aliphatic rings. The SMILES string of the molecule is Cc1nc2ccccc2n1[N+]1(C(=O)O)C=Cc2ccccc2C1. The summed E-state index contributed by atoms with van der Waals surface area (Å²) in [7, 11) is 0. The van der Waals surface area contributed by atoms with E-state index in [2.05, 4.69) is 4.98 Å². The maximum absolute atomic E-state index is 12.3. The molecule has 1 N–H and O–H groups in total. The summed E-state index contributed by atoms with van der Waals surface area (Å²) in [6, 6.07) is 15.5. The molecule has 0 spiro atoms. The molecule has 1 aliphatic heterocycles. The number of fused-ring (bicyclic) bond motifs is 2. The largest absolute Gasteiger partial charge is 0.544 e. The summed E-state index contributed by atoms with van der Waals surface area (Å²) in [5, 5.41) is 10.0. The average Bonchev–Trinajstić information content (AvgIpc) is 2.90. The van der Waals surface area contributed by atoms with Crippen LogP contribution in [0.4, 0.5) is 4.79 Å². The Bertz CT molecular complexity index is 958. The Kier molecular flexibility index (Phi) is 2.86. The van der Waals surface area contributed by atoms with E-state index in [4.69, 9.17) is 0 Å². The molecule has 23 heavy (non-hydrogen) atoms. The van der Waals surface area contributed by atoms with Gasteiger partial charge in [-0.05, 0) is 24.6 Å². The topological polar surface area (TPSA) is 55.1 Å². The van der Waals surface area contributed by atoms with Gasteiger partial charge < -0.3 is 5.11 Å². The van der Waals surface area contributed by atoms with E-state index < -0.39 is 6.09 Å². The summed E-state index contributed by atoms with van der Waals surface area (Å²) < 4.78 is 1.45. The Labute approximate surface area is 133 Å². The van der Waals surface area contributed by atoms with E-state index in [1.54, 1.807) is 10.9 Å². The first-order valence-electron chi connectivity index (χ1n) is 7.45. The van der Waals surface area contributed by atoms with Crippen LogP contribution in [0.5, 0.6) is 0 Å². The summed E-state index contributed by atoms with van der Waals surface area (Å²) >= 11 is 0. The van der Waals surface area contributed by atoms with Gasteiger partial charge in [0, 0.05) is 11.6 Å². The van der Waals surface area contributed by atoms with Crippen molar-refractivity contribution >= 4 is 23.2 Å². The quantitative estimate of drug-likeness (QED) is 0.698. The third kappa shape index (κ3) is 1.90. The van der Waals surface area contributed by atoms with Crippen LogP contribution in [0.25, 0.3) is 17.1 Å². The van der Waals surface area contributed by atoms with Crippen LogP contribution in [-0.2, 0) is 6.54 Å². The Morgan fingerprint density at radius 1 is 1.17 bits per heavy atom. The van der Waals surface area contributed by atoms with Gasteiger partial charge >= 0.3 is 6.09 Å². The second-order valence-electron chi connectivity index (χ2n) is 5.74. The first kappa shape index (κ1) is 13.7. The number of carboxylic acid groups (broad SMARTS) is 1. The number of aryl methyl sites for hydroxylation is 1. The summed E-state index contributed by atoms with van der Waals surface area (Å²) in [4.78, 5) is 16.8. The molecule has 1 amide bonds. The van der Waals surface area contributed by atoms with Gasteiger partial charge in [-0.1, -0.05) is 41.0 Å². The van der Waals surface area contributed by atoms with Crippen molar-refractivity contribution in [2.45, 2.75) is 13.5 Å². The Balaban J connectivity index is 2.00. The lowest BCUT2D eigenvalue weighted by molar-refractivity contribution is 0.118. The van der Waals surface area contributed by atoms with Crippen LogP contribution in [0.1, 0.15) is 17.0 Å². The number of aromatic nitrogens is 2. The van der Waals surface area contributed by atoms with Crippen LogP contribution >= 0.6 is 0 Å². The number of benzene rings is 2. The fourth-order valence-electron chi connectivity index (χ4n) is 3.30. The predicted molar refractivity (Wildman–Crippen MR) is 89.2 cm³/mol. The van der Waals surface area contributed by atoms with Crippen LogP contribution in [0.2, 0.25) is 0 Å². The number of amides is 1. The molecule has 5 heteroatoms. The minimum atomic E-state index is -0.929. The molecule has 2 aromatic carbocycles. The zero-order valence-electron chi connectivity index (χ0n) is 12.7. The number of quaternary nitrogens is 1. The average molecular weight is 306 g/mol. The van der Waals surface area contributed by atoms with Crippen molar-refractivity contribution in [3.8, 4) is 0 Å². The number of hydrogen-bond acceptors (Lipinski definition) is 2. The molecule has 1 aromatic heterocycles. The molecule has 0 saturated heterocycles. The fraction of sp³-hybridized carbons (Fsp3) is 0.111. The first-order valence-corrected chi connectivity index (χ1v) is 7.45. The number of carbonyl (C=O) groups is 1. The second kappa shape index (κ2) is 4.79. The van der Waals surface area contributed by atoms with Crippen LogP contribution in [-0.4, -0.2) is 20.9 Å². The maximum Gasteiger partial charge on any atom is 0.544 e. The summed E-state index contributed by atoms with van der Waals surface area (Å²) in [5.41, 5.74) is 3.69. The first-order chi connectivity index (χ1) is 11.1. The number of hydrogen-bond donors (Lipinski definition) is 1. The number of rotatable bonds is 1. The van der Waals surface area contributed by atoms with E-state index in [1.807, 2.05) is 61.5 Å². The molecule has 1 atom stereocenters. The minimum Gasteiger partial charge on any atom is -0.433 e. The number of nitrogens with zero attached hydrogens (tertiary/aromatic N) is 3. The summed E-state index contributed by atoms with van der Waals surface area (Å²) in [6.45, 7) is 2.19. The third-order valence-corrected chi connectivity index (χ3v) is 4.35. The van der Waals surface area contributed by atoms with E-state index >= 15 is 0 Å². The lowest BCUT2D eigenvalue weighted by atomic mass is 10.0. The lowest BCUT2D eigenvalue weighted by Crippen LogP contribution is -2.57. The van der Waals surface area contributed by atoms with Crippen molar-refractivity contribution in [2.75, 3.05) is 0 Å². The van der Waals surface area contributed by atoms with Crippen LogP contribution in [0.15, 0.2) is 54.7 Å². The maximum atomic E-state index is 12.3. The normalized spacial score (nSPS) is 19.7. The van der Waals surface area contributed by atoms with Crippen molar-refractivity contribution in [1.29, 1.82) is 0 Å². The monoisotopic (exact) mass is 306 g/mol. The van der Waals surface area contributed by atoms with Crippen molar-refractivity contribution in [1.82, 2.24) is 14.3 Å². The number of imidazole rings is 1. The van der Waals surface area contributed by atoms with Crippen molar-refractivity contribution in [2.24, 2.45) is 0 Å². The zero-order chi connectivity index (χ0) is 16.0. The van der Waals surface area contributed by atoms with E-state index in [9.17, 15) is 9.90 Å². The highest BCUT2D eigenvalue weighted by atomic mass is 16.4. The standard InChI is InChI=1S/C18H15N3O2/c1-13-19-16-8-4-5-9-17(16)20(13)21(18(22)23)11-10-14-6-2-3-7-15(14)12-21/h2-11H,12H2,1H3/p+1. The van der Waals surface area contributed by atoms with Crippen molar-refractivity contribution < 1.29 is 9.90 Å². The van der Waals surface area contributed by atoms with E-state index in [-0.39, 0.29) is 4.59 Å². The molecule has 2 heterocycles. The molecule has 0 bridgehead atoms. The zero-order valence-corrected chi connectivity index (χ0v) is 12.7. The number of para-hydroxylation sites is 2. The highest BCUT2D eigenvalue weighted by Crippen LogP contribution is 2.29. The fourth-order valence-corrected chi connectivity index (χ4v) is 3.30. The third-order valence-electron chi connectivity index (χ3n) is 4.35. The smallest absolute Gasteiger partial charge is 0.433 e. The van der Waals surface area contributed by atoms with Gasteiger partial charge in [-0.2, -0.15) is 9.47 Å². The Morgan fingerprint density at radius 2 is 1.91 bits per heavy atom. The van der Waals surface area contributed by atoms with Crippen LogP contribution < -0.4 is 4.59 Å². The van der Waals surface area contributed by atoms with Crippen LogP contribution in [0.3, 0.4) is 0 Å². The lowest BCUT2D eigenvalue weighted by Gasteiger charge is -2.32. The van der Waals surface area contributed by atoms with Crippen molar-refractivity contribution in [3.05, 3.63) is 71.7 Å². The summed E-state index contributed by atoms with van der Waals surface area (Å²) in [5.74, 6) is 0.678.